The highest BCUT2D eigenvalue weighted by Crippen LogP contribution is 2.17. The van der Waals surface area contributed by atoms with Crippen molar-refractivity contribution in [3.05, 3.63) is 39.9 Å². The van der Waals surface area contributed by atoms with Gasteiger partial charge in [0.1, 0.15) is 0 Å². The van der Waals surface area contributed by atoms with Gasteiger partial charge in [-0.05, 0) is 26.3 Å². The van der Waals surface area contributed by atoms with E-state index in [9.17, 15) is 14.9 Å². The van der Waals surface area contributed by atoms with Crippen molar-refractivity contribution >= 4 is 11.6 Å². The summed E-state index contributed by atoms with van der Waals surface area (Å²) in [6.07, 6.45) is 1.90. The van der Waals surface area contributed by atoms with E-state index < -0.39 is 0 Å². The second-order valence-corrected chi connectivity index (χ2v) is 5.01. The van der Waals surface area contributed by atoms with Gasteiger partial charge in [-0.25, -0.2) is 0 Å². The molecule has 0 spiro atoms. The maximum Gasteiger partial charge on any atom is 0.272 e. The summed E-state index contributed by atoms with van der Waals surface area (Å²) in [5.74, 6) is 0.0301. The summed E-state index contributed by atoms with van der Waals surface area (Å²) in [5.41, 5.74) is 0.855. The summed E-state index contributed by atoms with van der Waals surface area (Å²) in [4.78, 5) is 22.0. The van der Waals surface area contributed by atoms with Crippen LogP contribution in [0, 0.1) is 10.1 Å². The normalized spacial score (nSPS) is 11.9. The lowest BCUT2D eigenvalue weighted by Crippen LogP contribution is -2.34. The van der Waals surface area contributed by atoms with Crippen molar-refractivity contribution in [2.45, 2.75) is 39.2 Å². The van der Waals surface area contributed by atoms with Crippen LogP contribution in [0.4, 0.5) is 5.69 Å². The van der Waals surface area contributed by atoms with Crippen molar-refractivity contribution in [2.75, 3.05) is 13.1 Å². The molecule has 0 aliphatic rings. The average Bonchev–Trinajstić information content (AvgIpc) is 2.47. The first-order valence-corrected chi connectivity index (χ1v) is 7.27. The molecule has 1 aromatic carbocycles. The van der Waals surface area contributed by atoms with Crippen molar-refractivity contribution in [3.63, 3.8) is 0 Å². The minimum Gasteiger partial charge on any atom is -0.354 e. The summed E-state index contributed by atoms with van der Waals surface area (Å²) in [6, 6.07) is 6.92. The summed E-state index contributed by atoms with van der Waals surface area (Å²) in [5, 5.41) is 16.9. The number of carbonyl (C=O) groups excluding carboxylic acids is 1. The number of nitrogens with one attached hydrogen (secondary N) is 2. The molecule has 1 unspecified atom stereocenters. The number of hydrogen-bond acceptors (Lipinski definition) is 4. The zero-order valence-corrected chi connectivity index (χ0v) is 12.6. The number of nitrogens with zero attached hydrogens (tertiary/aromatic N) is 1. The van der Waals surface area contributed by atoms with Crippen molar-refractivity contribution < 1.29 is 9.72 Å². The van der Waals surface area contributed by atoms with Crippen molar-refractivity contribution in [2.24, 2.45) is 0 Å². The van der Waals surface area contributed by atoms with Crippen molar-refractivity contribution in [1.82, 2.24) is 10.6 Å². The molecule has 6 nitrogen and oxygen atoms in total. The molecule has 1 aromatic rings. The lowest BCUT2D eigenvalue weighted by molar-refractivity contribution is -0.385. The molecule has 0 fully saturated rings. The smallest absolute Gasteiger partial charge is 0.272 e. The Kier molecular flexibility index (Phi) is 7.39. The van der Waals surface area contributed by atoms with Crippen molar-refractivity contribution in [1.29, 1.82) is 0 Å². The molecule has 0 aromatic heterocycles. The molecule has 1 atom stereocenters. The maximum atomic E-state index is 11.5. The molecule has 0 saturated heterocycles. The number of carbonyl (C=O) groups is 1. The van der Waals surface area contributed by atoms with Gasteiger partial charge in [0.2, 0.25) is 5.91 Å². The van der Waals surface area contributed by atoms with E-state index in [0.29, 0.717) is 31.5 Å². The maximum absolute atomic E-state index is 11.5. The molecule has 2 N–H and O–H groups in total. The van der Waals surface area contributed by atoms with Crippen LogP contribution >= 0.6 is 0 Å². The zero-order valence-electron chi connectivity index (χ0n) is 12.6. The second kappa shape index (κ2) is 9.07. The van der Waals surface area contributed by atoms with Gasteiger partial charge < -0.3 is 10.6 Å². The second-order valence-electron chi connectivity index (χ2n) is 5.01. The largest absolute Gasteiger partial charge is 0.354 e. The number of amides is 1. The van der Waals surface area contributed by atoms with Crippen LogP contribution in [0.25, 0.3) is 0 Å². The third kappa shape index (κ3) is 6.35. The number of nitro groups is 1. The fourth-order valence-electron chi connectivity index (χ4n) is 1.90. The highest BCUT2D eigenvalue weighted by molar-refractivity contribution is 5.76. The molecule has 0 aliphatic carbocycles. The van der Waals surface area contributed by atoms with Gasteiger partial charge in [0.25, 0.3) is 5.69 Å². The van der Waals surface area contributed by atoms with E-state index in [1.54, 1.807) is 18.2 Å². The summed E-state index contributed by atoms with van der Waals surface area (Å²) >= 11 is 0. The lowest BCUT2D eigenvalue weighted by Gasteiger charge is -2.11. The van der Waals surface area contributed by atoms with Crippen LogP contribution in [-0.2, 0) is 11.2 Å². The number of para-hydroxylation sites is 1. The van der Waals surface area contributed by atoms with Gasteiger partial charge in [-0.2, -0.15) is 0 Å². The Morgan fingerprint density at radius 3 is 2.71 bits per heavy atom. The minimum atomic E-state index is -0.366. The SMILES string of the molecule is CCC(C)NC(=O)CCNCCc1ccccc1[N+](=O)[O-]. The molecule has 0 heterocycles. The van der Waals surface area contributed by atoms with Gasteiger partial charge >= 0.3 is 0 Å². The number of rotatable bonds is 9. The van der Waals surface area contributed by atoms with Crippen LogP contribution in [-0.4, -0.2) is 30.0 Å². The molecule has 1 rings (SSSR count). The molecule has 0 aliphatic heterocycles. The van der Waals surface area contributed by atoms with Crippen LogP contribution in [0.1, 0.15) is 32.3 Å². The van der Waals surface area contributed by atoms with E-state index in [1.807, 2.05) is 13.8 Å². The van der Waals surface area contributed by atoms with E-state index in [-0.39, 0.29) is 22.6 Å². The van der Waals surface area contributed by atoms with Crippen LogP contribution in [0.5, 0.6) is 0 Å². The summed E-state index contributed by atoms with van der Waals surface area (Å²) in [6.45, 7) is 5.18. The monoisotopic (exact) mass is 293 g/mol. The summed E-state index contributed by atoms with van der Waals surface area (Å²) in [7, 11) is 0. The fraction of sp³-hybridized carbons (Fsp3) is 0.533. The van der Waals surface area contributed by atoms with Gasteiger partial charge in [0.15, 0.2) is 0 Å². The highest BCUT2D eigenvalue weighted by atomic mass is 16.6. The molecule has 0 saturated carbocycles. The van der Waals surface area contributed by atoms with Gasteiger partial charge in [0.05, 0.1) is 4.92 Å². The van der Waals surface area contributed by atoms with Gasteiger partial charge in [0, 0.05) is 30.6 Å². The topological polar surface area (TPSA) is 84.3 Å². The predicted molar refractivity (Wildman–Crippen MR) is 82.2 cm³/mol. The summed E-state index contributed by atoms with van der Waals surface area (Å²) < 4.78 is 0. The van der Waals surface area contributed by atoms with Gasteiger partial charge in [-0.3, -0.25) is 14.9 Å². The lowest BCUT2D eigenvalue weighted by atomic mass is 10.1. The molecule has 6 heteroatoms. The van der Waals surface area contributed by atoms with Gasteiger partial charge in [-0.1, -0.05) is 25.1 Å². The van der Waals surface area contributed by atoms with Gasteiger partial charge in [-0.15, -0.1) is 0 Å². The van der Waals surface area contributed by atoms with E-state index in [4.69, 9.17) is 0 Å². The molecule has 0 bridgehead atoms. The molecule has 0 radical (unpaired) electrons. The van der Waals surface area contributed by atoms with Crippen LogP contribution < -0.4 is 10.6 Å². The Morgan fingerprint density at radius 1 is 1.33 bits per heavy atom. The van der Waals surface area contributed by atoms with E-state index >= 15 is 0 Å². The molecule has 21 heavy (non-hydrogen) atoms. The predicted octanol–water partition coefficient (Wildman–Crippen LogP) is 2.03. The quantitative estimate of drug-likeness (QED) is 0.414. The van der Waals surface area contributed by atoms with E-state index in [2.05, 4.69) is 10.6 Å². The molecular weight excluding hydrogens is 270 g/mol. The first kappa shape index (κ1) is 17.1. The highest BCUT2D eigenvalue weighted by Gasteiger charge is 2.11. The molecule has 116 valence electrons. The zero-order chi connectivity index (χ0) is 15.7. The first-order valence-electron chi connectivity index (χ1n) is 7.27. The Bertz CT molecular complexity index is 477. The van der Waals surface area contributed by atoms with E-state index in [1.165, 1.54) is 6.07 Å². The van der Waals surface area contributed by atoms with Crippen LogP contribution in [0.15, 0.2) is 24.3 Å². The minimum absolute atomic E-state index is 0.0301. The van der Waals surface area contributed by atoms with Crippen LogP contribution in [0.3, 0.4) is 0 Å². The number of hydrogen-bond donors (Lipinski definition) is 2. The van der Waals surface area contributed by atoms with Crippen LogP contribution in [0.2, 0.25) is 0 Å². The number of nitro benzene ring substituents is 1. The third-order valence-electron chi connectivity index (χ3n) is 3.31. The Hall–Kier alpha value is -1.95. The number of benzene rings is 1. The Balaban J connectivity index is 2.26. The Labute approximate surface area is 125 Å². The third-order valence-corrected chi connectivity index (χ3v) is 3.31. The van der Waals surface area contributed by atoms with E-state index in [0.717, 1.165) is 6.42 Å². The van der Waals surface area contributed by atoms with Crippen molar-refractivity contribution in [3.8, 4) is 0 Å². The Morgan fingerprint density at radius 2 is 2.05 bits per heavy atom. The average molecular weight is 293 g/mol. The molecular formula is C15H23N3O3. The molecule has 1 amide bonds. The first-order chi connectivity index (χ1) is 10.0. The fourth-order valence-corrected chi connectivity index (χ4v) is 1.90. The standard InChI is InChI=1S/C15H23N3O3/c1-3-12(2)17-15(19)9-11-16-10-8-13-6-4-5-7-14(13)18(20)21/h4-7,12,16H,3,8-11H2,1-2H3,(H,17,19).